The van der Waals surface area contributed by atoms with E-state index >= 15 is 0 Å². The number of imidazole rings is 1. The SMILES string of the molecule is C[C@@H]1N=C(c2ccccc2Br)c2cc(C34CC3C4)ccc2-n2cnc(-c3cnco3)c21. The quantitative estimate of drug-likeness (QED) is 0.376. The standard InChI is InChI=1S/C25H19BrN4O/c1-14-24-23(21-11-27-13-31-21)28-12-30(24)20-7-6-15(25-9-16(25)10-25)8-18(20)22(29-14)17-4-2-3-5-19(17)26/h2-8,11-14,16H,9-10H2,1H3/t14-,16?,25?/m0/s1. The number of oxazole rings is 1. The van der Waals surface area contributed by atoms with Gasteiger partial charge in [0, 0.05) is 15.6 Å². The predicted molar refractivity (Wildman–Crippen MR) is 122 cm³/mol. The molecule has 1 aliphatic heterocycles. The Morgan fingerprint density at radius 1 is 1.13 bits per heavy atom. The van der Waals surface area contributed by atoms with Crippen LogP contribution in [0.3, 0.4) is 0 Å². The number of rotatable bonds is 3. The van der Waals surface area contributed by atoms with Crippen LogP contribution in [0.4, 0.5) is 0 Å². The first-order valence-corrected chi connectivity index (χ1v) is 11.4. The highest BCUT2D eigenvalue weighted by Gasteiger charge is 2.70. The third kappa shape index (κ3) is 2.45. The second kappa shape index (κ2) is 6.04. The molecule has 0 amide bonds. The summed E-state index contributed by atoms with van der Waals surface area (Å²) in [5, 5.41) is 0. The molecule has 0 saturated heterocycles. The zero-order chi connectivity index (χ0) is 20.7. The maximum absolute atomic E-state index is 5.59. The van der Waals surface area contributed by atoms with Crippen molar-refractivity contribution in [3.8, 4) is 17.1 Å². The van der Waals surface area contributed by atoms with Gasteiger partial charge in [0.2, 0.25) is 0 Å². The van der Waals surface area contributed by atoms with Crippen molar-refractivity contribution in [2.45, 2.75) is 31.2 Å². The molecule has 7 rings (SSSR count). The van der Waals surface area contributed by atoms with Crippen molar-refractivity contribution in [2.24, 2.45) is 10.9 Å². The number of aliphatic imine (C=N–C) groups is 1. The second-order valence-corrected chi connectivity index (χ2v) is 9.70. The summed E-state index contributed by atoms with van der Waals surface area (Å²) in [5.41, 5.74) is 8.07. The molecule has 2 aromatic heterocycles. The first kappa shape index (κ1) is 17.7. The lowest BCUT2D eigenvalue weighted by Gasteiger charge is -2.15. The Bertz CT molecular complexity index is 1380. The summed E-state index contributed by atoms with van der Waals surface area (Å²) in [4.78, 5) is 14.0. The number of hydrogen-bond donors (Lipinski definition) is 0. The highest BCUT2D eigenvalue weighted by molar-refractivity contribution is 9.10. The van der Waals surface area contributed by atoms with Crippen LogP contribution in [0.25, 0.3) is 17.1 Å². The van der Waals surface area contributed by atoms with Crippen LogP contribution in [0.1, 0.15) is 48.2 Å². The zero-order valence-corrected chi connectivity index (χ0v) is 18.5. The minimum atomic E-state index is -0.103. The number of nitrogens with zero attached hydrogens (tertiary/aromatic N) is 4. The van der Waals surface area contributed by atoms with E-state index in [0.29, 0.717) is 11.2 Å². The van der Waals surface area contributed by atoms with Gasteiger partial charge in [0.1, 0.15) is 12.0 Å². The monoisotopic (exact) mass is 470 g/mol. The Morgan fingerprint density at radius 2 is 1.97 bits per heavy atom. The fourth-order valence-corrected chi connectivity index (χ4v) is 5.55. The highest BCUT2D eigenvalue weighted by Crippen LogP contribution is 2.75. The Labute approximate surface area is 188 Å². The summed E-state index contributed by atoms with van der Waals surface area (Å²) in [7, 11) is 0. The molecule has 0 radical (unpaired) electrons. The van der Waals surface area contributed by atoms with E-state index in [2.05, 4.69) is 73.8 Å². The average Bonchev–Trinajstić information content (AvgIpc) is 3.48. The lowest BCUT2D eigenvalue weighted by molar-refractivity contribution is 0.568. The molecule has 31 heavy (non-hydrogen) atoms. The minimum absolute atomic E-state index is 0.103. The van der Waals surface area contributed by atoms with Gasteiger partial charge in [-0.2, -0.15) is 0 Å². The van der Waals surface area contributed by atoms with Crippen molar-refractivity contribution in [1.29, 1.82) is 0 Å². The number of hydrogen-bond acceptors (Lipinski definition) is 4. The lowest BCUT2D eigenvalue weighted by Crippen LogP contribution is -2.09. The molecule has 0 N–H and O–H groups in total. The van der Waals surface area contributed by atoms with Gasteiger partial charge < -0.3 is 4.42 Å². The normalized spacial score (nSPS) is 25.2. The predicted octanol–water partition coefficient (Wildman–Crippen LogP) is 5.86. The molecule has 2 saturated carbocycles. The molecule has 3 heterocycles. The Kier molecular flexibility index (Phi) is 3.44. The summed E-state index contributed by atoms with van der Waals surface area (Å²) < 4.78 is 8.80. The molecule has 4 aromatic rings. The third-order valence-corrected chi connectivity index (χ3v) is 7.78. The van der Waals surface area contributed by atoms with Gasteiger partial charge in [0.15, 0.2) is 12.2 Å². The van der Waals surface area contributed by atoms with Crippen molar-refractivity contribution in [3.05, 3.63) is 88.2 Å². The zero-order valence-electron chi connectivity index (χ0n) is 16.9. The molecule has 0 bridgehead atoms. The summed E-state index contributed by atoms with van der Waals surface area (Å²) in [6, 6.07) is 15.1. The van der Waals surface area contributed by atoms with Crippen LogP contribution in [0.15, 0.2) is 75.3 Å². The molecular weight excluding hydrogens is 452 g/mol. The molecule has 3 aliphatic rings. The minimum Gasteiger partial charge on any atom is -0.442 e. The van der Waals surface area contributed by atoms with Crippen LogP contribution < -0.4 is 0 Å². The molecular formula is C25H19BrN4O. The van der Waals surface area contributed by atoms with Crippen LogP contribution in [-0.2, 0) is 5.41 Å². The maximum Gasteiger partial charge on any atom is 0.181 e. The Balaban J connectivity index is 1.50. The molecule has 0 spiro atoms. The summed E-state index contributed by atoms with van der Waals surface area (Å²) >= 11 is 3.76. The first-order chi connectivity index (χ1) is 15.2. The van der Waals surface area contributed by atoms with E-state index < -0.39 is 0 Å². The van der Waals surface area contributed by atoms with Crippen molar-refractivity contribution < 1.29 is 4.42 Å². The first-order valence-electron chi connectivity index (χ1n) is 10.6. The molecule has 6 heteroatoms. The van der Waals surface area contributed by atoms with Crippen LogP contribution in [-0.4, -0.2) is 20.2 Å². The fourth-order valence-electron chi connectivity index (χ4n) is 5.08. The number of fused-ring (bicyclic) bond motifs is 4. The van der Waals surface area contributed by atoms with Gasteiger partial charge in [-0.25, -0.2) is 9.97 Å². The van der Waals surface area contributed by atoms with Crippen molar-refractivity contribution >= 4 is 21.6 Å². The van der Waals surface area contributed by atoms with Gasteiger partial charge >= 0.3 is 0 Å². The molecule has 152 valence electrons. The number of benzene rings is 2. The van der Waals surface area contributed by atoms with Crippen LogP contribution >= 0.6 is 15.9 Å². The fraction of sp³-hybridized carbons (Fsp3) is 0.240. The number of halogens is 1. The van der Waals surface area contributed by atoms with Gasteiger partial charge in [0.25, 0.3) is 0 Å². The molecule has 5 nitrogen and oxygen atoms in total. The maximum atomic E-state index is 5.59. The molecule has 2 aromatic carbocycles. The average molecular weight is 471 g/mol. The topological polar surface area (TPSA) is 56.2 Å². The third-order valence-electron chi connectivity index (χ3n) is 7.09. The van der Waals surface area contributed by atoms with Gasteiger partial charge in [-0.15, -0.1) is 0 Å². The Hall–Kier alpha value is -2.99. The number of aromatic nitrogens is 3. The van der Waals surface area contributed by atoms with Gasteiger partial charge in [-0.3, -0.25) is 9.56 Å². The van der Waals surface area contributed by atoms with Crippen molar-refractivity contribution in [3.63, 3.8) is 0 Å². The smallest absolute Gasteiger partial charge is 0.181 e. The van der Waals surface area contributed by atoms with E-state index in [1.54, 1.807) is 6.20 Å². The van der Waals surface area contributed by atoms with E-state index in [0.717, 1.165) is 44.3 Å². The lowest BCUT2D eigenvalue weighted by atomic mass is 9.94. The summed E-state index contributed by atoms with van der Waals surface area (Å²) in [6.45, 7) is 2.12. The van der Waals surface area contributed by atoms with E-state index in [4.69, 9.17) is 9.41 Å². The molecule has 0 unspecified atom stereocenters. The second-order valence-electron chi connectivity index (χ2n) is 8.84. The van der Waals surface area contributed by atoms with Crippen molar-refractivity contribution in [2.75, 3.05) is 0 Å². The van der Waals surface area contributed by atoms with E-state index in [9.17, 15) is 0 Å². The Morgan fingerprint density at radius 3 is 2.71 bits per heavy atom. The highest BCUT2D eigenvalue weighted by atomic mass is 79.9. The molecule has 2 aliphatic carbocycles. The molecule has 2 fully saturated rings. The van der Waals surface area contributed by atoms with Crippen LogP contribution in [0, 0.1) is 5.92 Å². The largest absolute Gasteiger partial charge is 0.442 e. The van der Waals surface area contributed by atoms with Crippen molar-refractivity contribution in [1.82, 2.24) is 14.5 Å². The van der Waals surface area contributed by atoms with Crippen LogP contribution in [0.5, 0.6) is 0 Å². The summed E-state index contributed by atoms with van der Waals surface area (Å²) in [5.74, 6) is 1.55. The van der Waals surface area contributed by atoms with E-state index in [1.807, 2.05) is 12.4 Å². The van der Waals surface area contributed by atoms with Gasteiger partial charge in [-0.05, 0) is 54.9 Å². The van der Waals surface area contributed by atoms with Crippen LogP contribution in [0.2, 0.25) is 0 Å². The summed E-state index contributed by atoms with van der Waals surface area (Å²) in [6.07, 6.45) is 7.70. The van der Waals surface area contributed by atoms with E-state index in [1.165, 1.54) is 24.8 Å². The van der Waals surface area contributed by atoms with Gasteiger partial charge in [-0.1, -0.05) is 40.2 Å². The molecule has 1 atom stereocenters. The van der Waals surface area contributed by atoms with Gasteiger partial charge in [0.05, 0.1) is 29.3 Å². The van der Waals surface area contributed by atoms with E-state index in [-0.39, 0.29) is 6.04 Å².